The molecule has 0 unspecified atom stereocenters. The average molecular weight is 322 g/mol. The summed E-state index contributed by atoms with van der Waals surface area (Å²) < 4.78 is 22.4. The fourth-order valence-electron chi connectivity index (χ4n) is 2.81. The van der Waals surface area contributed by atoms with E-state index in [-0.39, 0.29) is 5.75 Å². The maximum atomic E-state index is 11.2. The number of para-hydroxylation sites is 2. The number of benzene rings is 1. The van der Waals surface area contributed by atoms with Gasteiger partial charge in [0.15, 0.2) is 0 Å². The second-order valence-corrected chi connectivity index (χ2v) is 8.25. The number of imidazole rings is 1. The van der Waals surface area contributed by atoms with Crippen LogP contribution >= 0.6 is 0 Å². The van der Waals surface area contributed by atoms with Crippen molar-refractivity contribution in [2.45, 2.75) is 18.9 Å². The average Bonchev–Trinajstić information content (AvgIpc) is 2.88. The van der Waals surface area contributed by atoms with E-state index in [1.165, 1.54) is 6.26 Å². The highest BCUT2D eigenvalue weighted by atomic mass is 32.2. The number of H-pyrrole nitrogens is 1. The molecule has 1 saturated heterocycles. The molecule has 1 aliphatic rings. The van der Waals surface area contributed by atoms with Crippen molar-refractivity contribution < 1.29 is 8.42 Å². The van der Waals surface area contributed by atoms with Gasteiger partial charge in [-0.05, 0) is 25.0 Å². The molecule has 0 amide bonds. The first-order valence-corrected chi connectivity index (χ1v) is 9.67. The van der Waals surface area contributed by atoms with E-state index in [0.717, 1.165) is 42.9 Å². The van der Waals surface area contributed by atoms with Crippen LogP contribution in [0.15, 0.2) is 24.3 Å². The molecule has 1 aromatic heterocycles. The lowest BCUT2D eigenvalue weighted by Gasteiger charge is -2.32. The molecule has 6 nitrogen and oxygen atoms in total. The number of fused-ring (bicyclic) bond motifs is 1. The molecule has 3 rings (SSSR count). The number of hydrogen-bond donors (Lipinski definition) is 2. The summed E-state index contributed by atoms with van der Waals surface area (Å²) in [6.07, 6.45) is 3.30. The van der Waals surface area contributed by atoms with Crippen molar-refractivity contribution in [2.75, 3.05) is 37.0 Å². The molecule has 2 N–H and O–H groups in total. The molecule has 1 fully saturated rings. The van der Waals surface area contributed by atoms with Gasteiger partial charge in [0.2, 0.25) is 5.95 Å². The maximum Gasteiger partial charge on any atom is 0.201 e. The van der Waals surface area contributed by atoms with Gasteiger partial charge in [0.1, 0.15) is 9.84 Å². The van der Waals surface area contributed by atoms with Gasteiger partial charge < -0.3 is 15.2 Å². The Morgan fingerprint density at radius 2 is 2.05 bits per heavy atom. The molecule has 22 heavy (non-hydrogen) atoms. The van der Waals surface area contributed by atoms with Crippen LogP contribution in [-0.4, -0.2) is 61.0 Å². The van der Waals surface area contributed by atoms with Gasteiger partial charge in [-0.1, -0.05) is 12.1 Å². The van der Waals surface area contributed by atoms with E-state index in [0.29, 0.717) is 12.6 Å². The van der Waals surface area contributed by atoms with Gasteiger partial charge in [0.25, 0.3) is 0 Å². The van der Waals surface area contributed by atoms with Gasteiger partial charge in [-0.25, -0.2) is 13.4 Å². The second kappa shape index (κ2) is 6.26. The highest BCUT2D eigenvalue weighted by molar-refractivity contribution is 7.90. The Labute approximate surface area is 130 Å². The van der Waals surface area contributed by atoms with Crippen LogP contribution < -0.4 is 5.32 Å². The number of aromatic nitrogens is 2. The van der Waals surface area contributed by atoms with Crippen LogP contribution in [-0.2, 0) is 9.84 Å². The van der Waals surface area contributed by atoms with Crippen molar-refractivity contribution in [1.29, 1.82) is 0 Å². The third kappa shape index (κ3) is 3.98. The number of nitrogens with zero attached hydrogens (tertiary/aromatic N) is 2. The highest BCUT2D eigenvalue weighted by Gasteiger charge is 2.20. The van der Waals surface area contributed by atoms with E-state index in [1.54, 1.807) is 0 Å². The Bertz CT molecular complexity index is 700. The number of anilines is 1. The molecule has 1 aromatic carbocycles. The minimum atomic E-state index is -2.87. The normalized spacial score (nSPS) is 17.9. The van der Waals surface area contributed by atoms with Crippen LogP contribution in [0.5, 0.6) is 0 Å². The fourth-order valence-corrected chi connectivity index (χ4v) is 3.40. The van der Waals surface area contributed by atoms with E-state index in [9.17, 15) is 8.42 Å². The minimum absolute atomic E-state index is 0.245. The number of nitrogens with one attached hydrogen (secondary N) is 2. The van der Waals surface area contributed by atoms with Crippen LogP contribution in [0, 0.1) is 0 Å². The standard InChI is InChI=1S/C15H22N4O2S/c1-22(20,21)11-10-19-8-6-12(7-9-19)16-15-17-13-4-2-3-5-14(13)18-15/h2-5,12H,6-11H2,1H3,(H2,16,17,18). The van der Waals surface area contributed by atoms with Gasteiger partial charge in [0, 0.05) is 31.9 Å². The van der Waals surface area contributed by atoms with Crippen LogP contribution in [0.25, 0.3) is 11.0 Å². The molecule has 2 aromatic rings. The zero-order valence-electron chi connectivity index (χ0n) is 12.7. The summed E-state index contributed by atoms with van der Waals surface area (Å²) in [5.74, 6) is 1.06. The van der Waals surface area contributed by atoms with Crippen LogP contribution in [0.3, 0.4) is 0 Å². The molecule has 2 heterocycles. The van der Waals surface area contributed by atoms with Crippen molar-refractivity contribution in [2.24, 2.45) is 0 Å². The van der Waals surface area contributed by atoms with Crippen LogP contribution in [0.2, 0.25) is 0 Å². The molecule has 0 radical (unpaired) electrons. The topological polar surface area (TPSA) is 78.1 Å². The molecule has 1 aliphatic heterocycles. The zero-order valence-corrected chi connectivity index (χ0v) is 13.6. The smallest absolute Gasteiger partial charge is 0.201 e. The molecular formula is C15H22N4O2S. The monoisotopic (exact) mass is 322 g/mol. The Morgan fingerprint density at radius 1 is 1.32 bits per heavy atom. The summed E-state index contributed by atoms with van der Waals surface area (Å²) >= 11 is 0. The summed E-state index contributed by atoms with van der Waals surface area (Å²) in [5, 5.41) is 3.45. The molecule has 7 heteroatoms. The van der Waals surface area contributed by atoms with E-state index in [4.69, 9.17) is 0 Å². The number of hydrogen-bond acceptors (Lipinski definition) is 5. The number of piperidine rings is 1. The van der Waals surface area contributed by atoms with Crippen LogP contribution in [0.1, 0.15) is 12.8 Å². The maximum absolute atomic E-state index is 11.2. The van der Waals surface area contributed by atoms with Gasteiger partial charge >= 0.3 is 0 Å². The van der Waals surface area contributed by atoms with Crippen LogP contribution in [0.4, 0.5) is 5.95 Å². The van der Waals surface area contributed by atoms with Crippen molar-refractivity contribution in [3.05, 3.63) is 24.3 Å². The SMILES string of the molecule is CS(=O)(=O)CCN1CCC(Nc2nc3ccccc3[nH]2)CC1. The summed E-state index contributed by atoms with van der Waals surface area (Å²) in [4.78, 5) is 10.0. The molecule has 0 saturated carbocycles. The third-order valence-electron chi connectivity index (χ3n) is 4.10. The molecule has 0 atom stereocenters. The number of rotatable bonds is 5. The van der Waals surface area contributed by atoms with Crippen molar-refractivity contribution >= 4 is 26.8 Å². The first-order chi connectivity index (χ1) is 10.5. The lowest BCUT2D eigenvalue weighted by atomic mass is 10.1. The molecule has 0 aliphatic carbocycles. The number of sulfone groups is 1. The molecule has 0 bridgehead atoms. The Hall–Kier alpha value is -1.60. The quantitative estimate of drug-likeness (QED) is 0.872. The minimum Gasteiger partial charge on any atom is -0.353 e. The first-order valence-electron chi connectivity index (χ1n) is 7.61. The lowest BCUT2D eigenvalue weighted by Crippen LogP contribution is -2.41. The Kier molecular flexibility index (Phi) is 4.35. The van der Waals surface area contributed by atoms with Gasteiger partial charge in [0.05, 0.1) is 16.8 Å². The highest BCUT2D eigenvalue weighted by Crippen LogP contribution is 2.18. The predicted octanol–water partition coefficient (Wildman–Crippen LogP) is 1.48. The summed E-state index contributed by atoms with van der Waals surface area (Å²) in [7, 11) is -2.87. The number of likely N-dealkylation sites (tertiary alicyclic amines) is 1. The largest absolute Gasteiger partial charge is 0.353 e. The summed E-state index contributed by atoms with van der Waals surface area (Å²) in [6, 6.07) is 8.36. The van der Waals surface area contributed by atoms with Crippen molar-refractivity contribution in [3.63, 3.8) is 0 Å². The second-order valence-electron chi connectivity index (χ2n) is 5.99. The Morgan fingerprint density at radius 3 is 2.73 bits per heavy atom. The molecular weight excluding hydrogens is 300 g/mol. The third-order valence-corrected chi connectivity index (χ3v) is 5.02. The Balaban J connectivity index is 1.51. The van der Waals surface area contributed by atoms with Gasteiger partial charge in [-0.3, -0.25) is 0 Å². The van der Waals surface area contributed by atoms with Gasteiger partial charge in [-0.15, -0.1) is 0 Å². The van der Waals surface area contributed by atoms with E-state index in [2.05, 4.69) is 20.2 Å². The van der Waals surface area contributed by atoms with E-state index in [1.807, 2.05) is 24.3 Å². The lowest BCUT2D eigenvalue weighted by molar-refractivity contribution is 0.230. The first kappa shape index (κ1) is 15.3. The van der Waals surface area contributed by atoms with Gasteiger partial charge in [-0.2, -0.15) is 0 Å². The summed E-state index contributed by atoms with van der Waals surface area (Å²) in [5.41, 5.74) is 2.01. The molecule has 120 valence electrons. The molecule has 0 spiro atoms. The zero-order chi connectivity index (χ0) is 15.6. The van der Waals surface area contributed by atoms with Crippen molar-refractivity contribution in [1.82, 2.24) is 14.9 Å². The number of aromatic amines is 1. The fraction of sp³-hybridized carbons (Fsp3) is 0.533. The van der Waals surface area contributed by atoms with Crippen molar-refractivity contribution in [3.8, 4) is 0 Å². The summed E-state index contributed by atoms with van der Waals surface area (Å²) in [6.45, 7) is 2.48. The van der Waals surface area contributed by atoms with E-state index < -0.39 is 9.84 Å². The van der Waals surface area contributed by atoms with E-state index >= 15 is 0 Å². The predicted molar refractivity (Wildman–Crippen MR) is 88.9 cm³/mol.